The summed E-state index contributed by atoms with van der Waals surface area (Å²) < 4.78 is 5.37. The molecule has 0 radical (unpaired) electrons. The van der Waals surface area contributed by atoms with E-state index in [-0.39, 0.29) is 12.6 Å². The molecule has 2 atom stereocenters. The fourth-order valence-electron chi connectivity index (χ4n) is 4.64. The van der Waals surface area contributed by atoms with Crippen molar-refractivity contribution in [3.05, 3.63) is 59.8 Å². The monoisotopic (exact) mass is 500 g/mol. The molecule has 2 aliphatic rings. The van der Waals surface area contributed by atoms with Crippen LogP contribution in [0.3, 0.4) is 0 Å². The number of benzene rings is 2. The highest BCUT2D eigenvalue weighted by atomic mass is 16.5. The number of H-pyrrole nitrogens is 1. The van der Waals surface area contributed by atoms with E-state index in [2.05, 4.69) is 27.0 Å². The summed E-state index contributed by atoms with van der Waals surface area (Å²) >= 11 is 0. The molecule has 1 aromatic heterocycles. The van der Waals surface area contributed by atoms with Crippen molar-refractivity contribution in [3.63, 3.8) is 0 Å². The SMILES string of the molecule is COc1cccc2[nH]c(C(=O)N[C@@H](CC3CC3)C(=O)N[C@@H](C#N)CN3C(=O)NCc4ccccc43)cc12. The average Bonchev–Trinajstić information content (AvgIpc) is 3.62. The van der Waals surface area contributed by atoms with Gasteiger partial charge in [0.15, 0.2) is 0 Å². The highest BCUT2D eigenvalue weighted by Crippen LogP contribution is 2.34. The summed E-state index contributed by atoms with van der Waals surface area (Å²) in [4.78, 5) is 43.4. The Labute approximate surface area is 214 Å². The van der Waals surface area contributed by atoms with E-state index in [9.17, 15) is 19.6 Å². The number of nitriles is 1. The number of rotatable bonds is 9. The maximum absolute atomic E-state index is 13.3. The molecule has 10 heteroatoms. The Morgan fingerprint density at radius 2 is 2.00 bits per heavy atom. The van der Waals surface area contributed by atoms with Gasteiger partial charge in [0.25, 0.3) is 5.91 Å². The predicted octanol–water partition coefficient (Wildman–Crippen LogP) is 2.81. The molecule has 1 aliphatic carbocycles. The van der Waals surface area contributed by atoms with Crippen molar-refractivity contribution in [1.29, 1.82) is 5.26 Å². The molecule has 1 fully saturated rings. The van der Waals surface area contributed by atoms with Crippen molar-refractivity contribution in [1.82, 2.24) is 20.9 Å². The third kappa shape index (κ3) is 5.21. The number of fused-ring (bicyclic) bond motifs is 2. The van der Waals surface area contributed by atoms with Crippen molar-refractivity contribution in [2.45, 2.75) is 37.9 Å². The van der Waals surface area contributed by atoms with Crippen LogP contribution in [0.2, 0.25) is 0 Å². The average molecular weight is 501 g/mol. The highest BCUT2D eigenvalue weighted by Gasteiger charge is 2.33. The number of carbonyl (C=O) groups is 3. The molecule has 3 aromatic rings. The van der Waals surface area contributed by atoms with Crippen LogP contribution in [-0.4, -0.2) is 48.6 Å². The first kappa shape index (κ1) is 24.2. The van der Waals surface area contributed by atoms with E-state index in [4.69, 9.17) is 4.74 Å². The van der Waals surface area contributed by atoms with Gasteiger partial charge >= 0.3 is 6.03 Å². The Kier molecular flexibility index (Phi) is 6.68. The zero-order valence-corrected chi connectivity index (χ0v) is 20.4. The number of hydrogen-bond donors (Lipinski definition) is 4. The molecule has 0 bridgehead atoms. The van der Waals surface area contributed by atoms with Crippen LogP contribution in [0.1, 0.15) is 35.3 Å². The molecule has 0 saturated heterocycles. The number of nitrogens with zero attached hydrogens (tertiary/aromatic N) is 2. The Balaban J connectivity index is 1.29. The molecule has 1 aliphatic heterocycles. The topological polar surface area (TPSA) is 139 Å². The first-order valence-electron chi connectivity index (χ1n) is 12.3. The second-order valence-electron chi connectivity index (χ2n) is 9.40. The summed E-state index contributed by atoms with van der Waals surface area (Å²) in [6, 6.07) is 14.6. The van der Waals surface area contributed by atoms with E-state index < -0.39 is 23.9 Å². The van der Waals surface area contributed by atoms with E-state index >= 15 is 0 Å². The lowest BCUT2D eigenvalue weighted by molar-refractivity contribution is -0.123. The van der Waals surface area contributed by atoms with Gasteiger partial charge in [0.1, 0.15) is 23.5 Å². The minimum absolute atomic E-state index is 0.0169. The van der Waals surface area contributed by atoms with Gasteiger partial charge in [-0.05, 0) is 42.2 Å². The number of carbonyl (C=O) groups excluding carboxylic acids is 3. The van der Waals surface area contributed by atoms with Crippen LogP contribution in [0.15, 0.2) is 48.5 Å². The molecular formula is C27H28N6O4. The van der Waals surface area contributed by atoms with Crippen LogP contribution in [0.5, 0.6) is 5.75 Å². The number of anilines is 1. The zero-order valence-electron chi connectivity index (χ0n) is 20.4. The molecule has 4 N–H and O–H groups in total. The molecule has 5 rings (SSSR count). The standard InChI is InChI=1S/C27H28N6O4/c1-37-24-8-4-6-20-19(24)12-22(31-20)26(35)32-21(11-16-9-10-16)25(34)30-18(13-28)15-33-23-7-3-2-5-17(23)14-29-27(33)36/h2-8,12,16,18,21,31H,9-11,14-15H2,1H3,(H,29,36)(H,30,34)(H,32,35)/t18-,21-/m0/s1. The summed E-state index contributed by atoms with van der Waals surface area (Å²) in [6.45, 7) is 0.390. The van der Waals surface area contributed by atoms with Crippen LogP contribution >= 0.6 is 0 Å². The summed E-state index contributed by atoms with van der Waals surface area (Å²) in [5.74, 6) is 0.113. The number of ether oxygens (including phenoxy) is 1. The fraction of sp³-hybridized carbons (Fsp3) is 0.333. The number of nitrogens with one attached hydrogen (secondary N) is 4. The van der Waals surface area contributed by atoms with Crippen LogP contribution in [-0.2, 0) is 11.3 Å². The number of para-hydroxylation sites is 1. The summed E-state index contributed by atoms with van der Waals surface area (Å²) in [6.07, 6.45) is 2.47. The minimum atomic E-state index is -0.958. The van der Waals surface area contributed by atoms with E-state index in [0.29, 0.717) is 36.0 Å². The highest BCUT2D eigenvalue weighted by molar-refractivity contribution is 6.01. The van der Waals surface area contributed by atoms with Crippen LogP contribution in [0.25, 0.3) is 10.9 Å². The van der Waals surface area contributed by atoms with Gasteiger partial charge < -0.3 is 25.7 Å². The molecule has 2 heterocycles. The van der Waals surface area contributed by atoms with Gasteiger partial charge in [-0.3, -0.25) is 14.5 Å². The second-order valence-corrected chi connectivity index (χ2v) is 9.40. The maximum atomic E-state index is 13.3. The predicted molar refractivity (Wildman–Crippen MR) is 137 cm³/mol. The van der Waals surface area contributed by atoms with Gasteiger partial charge in [0.2, 0.25) is 5.91 Å². The molecule has 0 spiro atoms. The Bertz CT molecular complexity index is 1390. The normalized spacial score (nSPS) is 16.2. The Hall–Kier alpha value is -4.52. The van der Waals surface area contributed by atoms with Gasteiger partial charge in [0, 0.05) is 17.4 Å². The van der Waals surface area contributed by atoms with E-state index in [0.717, 1.165) is 29.3 Å². The Morgan fingerprint density at radius 3 is 2.76 bits per heavy atom. The van der Waals surface area contributed by atoms with Gasteiger partial charge in [-0.2, -0.15) is 5.26 Å². The lowest BCUT2D eigenvalue weighted by atomic mass is 10.1. The lowest BCUT2D eigenvalue weighted by Gasteiger charge is -2.31. The third-order valence-corrected chi connectivity index (χ3v) is 6.77. The molecular weight excluding hydrogens is 472 g/mol. The van der Waals surface area contributed by atoms with Gasteiger partial charge in [-0.1, -0.05) is 37.1 Å². The van der Waals surface area contributed by atoms with E-state index in [1.807, 2.05) is 42.5 Å². The minimum Gasteiger partial charge on any atom is -0.496 e. The molecule has 0 unspecified atom stereocenters. The van der Waals surface area contributed by atoms with E-state index in [1.165, 1.54) is 4.90 Å². The maximum Gasteiger partial charge on any atom is 0.322 e. The molecule has 10 nitrogen and oxygen atoms in total. The zero-order chi connectivity index (χ0) is 25.9. The number of aromatic amines is 1. The molecule has 37 heavy (non-hydrogen) atoms. The summed E-state index contributed by atoms with van der Waals surface area (Å²) in [5, 5.41) is 18.9. The number of methoxy groups -OCH3 is 1. The van der Waals surface area contributed by atoms with E-state index in [1.54, 1.807) is 13.2 Å². The molecule has 190 valence electrons. The largest absolute Gasteiger partial charge is 0.496 e. The van der Waals surface area contributed by atoms with Crippen LogP contribution < -0.4 is 25.6 Å². The van der Waals surface area contributed by atoms with Crippen LogP contribution in [0.4, 0.5) is 10.5 Å². The van der Waals surface area contributed by atoms with Crippen molar-refractivity contribution < 1.29 is 19.1 Å². The van der Waals surface area contributed by atoms with Gasteiger partial charge in [-0.25, -0.2) is 4.79 Å². The number of hydrogen-bond acceptors (Lipinski definition) is 5. The van der Waals surface area contributed by atoms with Gasteiger partial charge in [-0.15, -0.1) is 0 Å². The first-order chi connectivity index (χ1) is 18.0. The molecule has 1 saturated carbocycles. The summed E-state index contributed by atoms with van der Waals surface area (Å²) in [7, 11) is 1.56. The quantitative estimate of drug-likeness (QED) is 0.358. The fourth-order valence-corrected chi connectivity index (χ4v) is 4.64. The lowest BCUT2D eigenvalue weighted by Crippen LogP contribution is -2.54. The number of aromatic nitrogens is 1. The van der Waals surface area contributed by atoms with Crippen molar-refractivity contribution in [3.8, 4) is 11.8 Å². The van der Waals surface area contributed by atoms with Crippen LogP contribution in [0, 0.1) is 17.2 Å². The smallest absolute Gasteiger partial charge is 0.322 e. The third-order valence-electron chi connectivity index (χ3n) is 6.77. The number of urea groups is 1. The molecule has 2 aromatic carbocycles. The number of amides is 4. The van der Waals surface area contributed by atoms with Gasteiger partial charge in [0.05, 0.1) is 25.4 Å². The Morgan fingerprint density at radius 1 is 1.19 bits per heavy atom. The summed E-state index contributed by atoms with van der Waals surface area (Å²) in [5.41, 5.74) is 2.70. The van der Waals surface area contributed by atoms with Crippen molar-refractivity contribution in [2.75, 3.05) is 18.6 Å². The second kappa shape index (κ2) is 10.2. The van der Waals surface area contributed by atoms with Crippen molar-refractivity contribution in [2.24, 2.45) is 5.92 Å². The molecule has 4 amide bonds. The van der Waals surface area contributed by atoms with Crippen molar-refractivity contribution >= 4 is 34.4 Å². The first-order valence-corrected chi connectivity index (χ1v) is 12.3.